The summed E-state index contributed by atoms with van der Waals surface area (Å²) in [5, 5.41) is 19.1. The fourth-order valence-electron chi connectivity index (χ4n) is 3.96. The van der Waals surface area contributed by atoms with Crippen molar-refractivity contribution in [3.63, 3.8) is 0 Å². The molecule has 0 fully saturated rings. The van der Waals surface area contributed by atoms with Gasteiger partial charge in [0, 0.05) is 35.9 Å². The van der Waals surface area contributed by atoms with Gasteiger partial charge >= 0.3 is 0 Å². The molecule has 5 rings (SSSR count). The van der Waals surface area contributed by atoms with E-state index >= 15 is 0 Å². The molecule has 0 spiro atoms. The van der Waals surface area contributed by atoms with Crippen LogP contribution in [0.15, 0.2) is 72.9 Å². The van der Waals surface area contributed by atoms with Crippen LogP contribution in [0.4, 0.5) is 0 Å². The van der Waals surface area contributed by atoms with Gasteiger partial charge < -0.3 is 0 Å². The lowest BCUT2D eigenvalue weighted by molar-refractivity contribution is 0.535. The number of pyridine rings is 1. The van der Waals surface area contributed by atoms with E-state index in [-0.39, 0.29) is 0 Å². The molecule has 2 aromatic carbocycles. The van der Waals surface area contributed by atoms with Gasteiger partial charge in [-0.3, -0.25) is 4.98 Å². The average Bonchev–Trinajstić information content (AvgIpc) is 3.56. The van der Waals surface area contributed by atoms with Crippen LogP contribution >= 0.6 is 0 Å². The molecule has 3 aromatic heterocycles. The van der Waals surface area contributed by atoms with Gasteiger partial charge in [-0.2, -0.15) is 5.10 Å². The molecule has 0 amide bonds. The van der Waals surface area contributed by atoms with Crippen molar-refractivity contribution in [3.8, 4) is 34.0 Å². The molecule has 0 saturated carbocycles. The maximum absolute atomic E-state index is 4.88. The number of aromatic amines is 1. The number of aromatic nitrogens is 8. The first kappa shape index (κ1) is 21.6. The Bertz CT molecular complexity index is 1330. The minimum absolute atomic E-state index is 0.620. The summed E-state index contributed by atoms with van der Waals surface area (Å²) in [5.41, 5.74) is 4.87. The third kappa shape index (κ3) is 4.76. The summed E-state index contributed by atoms with van der Waals surface area (Å²) in [6.45, 7) is 3.08. The van der Waals surface area contributed by atoms with Gasteiger partial charge in [-0.25, -0.2) is 14.8 Å². The molecular weight excluding hydrogens is 424 g/mol. The normalized spacial score (nSPS) is 11.1. The fraction of sp³-hybridized carbons (Fsp3) is 0.231. The predicted octanol–water partition coefficient (Wildman–Crippen LogP) is 4.97. The number of tetrazole rings is 1. The molecular formula is C26H26N8. The van der Waals surface area contributed by atoms with Gasteiger partial charge in [0.2, 0.25) is 0 Å². The number of rotatable bonds is 9. The molecule has 0 bridgehead atoms. The molecule has 0 aliphatic heterocycles. The minimum atomic E-state index is 0.620. The lowest BCUT2D eigenvalue weighted by Gasteiger charge is -2.08. The van der Waals surface area contributed by atoms with E-state index in [1.54, 1.807) is 0 Å². The van der Waals surface area contributed by atoms with Crippen molar-refractivity contribution in [1.82, 2.24) is 40.4 Å². The van der Waals surface area contributed by atoms with Crippen molar-refractivity contribution < 1.29 is 0 Å². The van der Waals surface area contributed by atoms with Crippen molar-refractivity contribution in [3.05, 3.63) is 84.3 Å². The highest BCUT2D eigenvalue weighted by Gasteiger charge is 2.14. The maximum Gasteiger partial charge on any atom is 0.181 e. The van der Waals surface area contributed by atoms with Crippen LogP contribution in [-0.4, -0.2) is 40.4 Å². The molecule has 0 aliphatic carbocycles. The zero-order valence-electron chi connectivity index (χ0n) is 19.1. The number of H-pyrrole nitrogens is 1. The number of benzene rings is 2. The highest BCUT2D eigenvalue weighted by molar-refractivity contribution is 5.78. The molecule has 0 unspecified atom stereocenters. The molecule has 5 aromatic rings. The van der Waals surface area contributed by atoms with E-state index in [0.29, 0.717) is 12.2 Å². The second-order valence-corrected chi connectivity index (χ2v) is 8.17. The SMILES string of the molecule is CCCCCn1nc(-c2ccccc2)nc1Cc1ccc(-c2ccccc2-c2nnn[nH]2)nc1. The number of aryl methyl sites for hydroxylation is 1. The first-order chi connectivity index (χ1) is 16.8. The van der Waals surface area contributed by atoms with Gasteiger partial charge in [-0.15, -0.1) is 5.10 Å². The Hall–Kier alpha value is -4.20. The van der Waals surface area contributed by atoms with E-state index in [9.17, 15) is 0 Å². The number of hydrogen-bond acceptors (Lipinski definition) is 6. The molecule has 34 heavy (non-hydrogen) atoms. The van der Waals surface area contributed by atoms with Crippen molar-refractivity contribution in [2.75, 3.05) is 0 Å². The third-order valence-corrected chi connectivity index (χ3v) is 5.74. The Morgan fingerprint density at radius 3 is 2.44 bits per heavy atom. The van der Waals surface area contributed by atoms with E-state index in [1.807, 2.05) is 66.9 Å². The van der Waals surface area contributed by atoms with E-state index < -0.39 is 0 Å². The van der Waals surface area contributed by atoms with Crippen LogP contribution in [0.1, 0.15) is 37.6 Å². The summed E-state index contributed by atoms with van der Waals surface area (Å²) >= 11 is 0. The minimum Gasteiger partial charge on any atom is -0.256 e. The lowest BCUT2D eigenvalue weighted by Crippen LogP contribution is -2.07. The topological polar surface area (TPSA) is 98.1 Å². The summed E-state index contributed by atoms with van der Waals surface area (Å²) in [6, 6.07) is 22.2. The van der Waals surface area contributed by atoms with Gasteiger partial charge in [-0.05, 0) is 28.5 Å². The number of hydrogen-bond donors (Lipinski definition) is 1. The largest absolute Gasteiger partial charge is 0.256 e. The van der Waals surface area contributed by atoms with Gasteiger partial charge in [0.15, 0.2) is 11.6 Å². The van der Waals surface area contributed by atoms with Gasteiger partial charge in [0.05, 0.1) is 5.69 Å². The third-order valence-electron chi connectivity index (χ3n) is 5.74. The van der Waals surface area contributed by atoms with Crippen LogP contribution in [0, 0.1) is 0 Å². The Morgan fingerprint density at radius 1 is 0.882 bits per heavy atom. The van der Waals surface area contributed by atoms with Gasteiger partial charge in [0.25, 0.3) is 0 Å². The second-order valence-electron chi connectivity index (χ2n) is 8.17. The molecule has 0 atom stereocenters. The molecule has 8 heteroatoms. The summed E-state index contributed by atoms with van der Waals surface area (Å²) in [6.07, 6.45) is 6.03. The van der Waals surface area contributed by atoms with E-state index in [4.69, 9.17) is 15.1 Å². The molecule has 0 saturated heterocycles. The summed E-state index contributed by atoms with van der Waals surface area (Å²) in [5.74, 6) is 2.35. The van der Waals surface area contributed by atoms with Crippen molar-refractivity contribution in [2.45, 2.75) is 39.2 Å². The molecule has 0 radical (unpaired) electrons. The zero-order valence-corrected chi connectivity index (χ0v) is 19.1. The van der Waals surface area contributed by atoms with Crippen LogP contribution in [0.25, 0.3) is 34.0 Å². The summed E-state index contributed by atoms with van der Waals surface area (Å²) in [7, 11) is 0. The Morgan fingerprint density at radius 2 is 1.71 bits per heavy atom. The Labute approximate surface area is 198 Å². The van der Waals surface area contributed by atoms with Crippen molar-refractivity contribution in [2.24, 2.45) is 0 Å². The van der Waals surface area contributed by atoms with Crippen molar-refractivity contribution >= 4 is 0 Å². The van der Waals surface area contributed by atoms with Gasteiger partial charge in [-0.1, -0.05) is 80.4 Å². The monoisotopic (exact) mass is 450 g/mol. The fourth-order valence-corrected chi connectivity index (χ4v) is 3.96. The van der Waals surface area contributed by atoms with E-state index in [0.717, 1.165) is 52.6 Å². The first-order valence-corrected chi connectivity index (χ1v) is 11.6. The van der Waals surface area contributed by atoms with Gasteiger partial charge in [0.1, 0.15) is 5.82 Å². The lowest BCUT2D eigenvalue weighted by atomic mass is 10.0. The van der Waals surface area contributed by atoms with Crippen LogP contribution in [0.2, 0.25) is 0 Å². The van der Waals surface area contributed by atoms with Crippen LogP contribution in [0.5, 0.6) is 0 Å². The Kier molecular flexibility index (Phi) is 6.47. The molecule has 3 heterocycles. The standard InChI is InChI=1S/C26H26N8/c1-2-3-9-16-34-24(28-25(31-34)20-10-5-4-6-11-20)17-19-14-15-23(27-18-19)21-12-7-8-13-22(21)26-29-32-33-30-26/h4-8,10-15,18H,2-3,9,16-17H2,1H3,(H,29,30,32,33). The van der Waals surface area contributed by atoms with Crippen LogP contribution < -0.4 is 0 Å². The summed E-state index contributed by atoms with van der Waals surface area (Å²) < 4.78 is 2.05. The average molecular weight is 451 g/mol. The molecule has 8 nitrogen and oxygen atoms in total. The predicted molar refractivity (Wildman–Crippen MR) is 131 cm³/mol. The summed E-state index contributed by atoms with van der Waals surface area (Å²) in [4.78, 5) is 9.63. The van der Waals surface area contributed by atoms with E-state index in [1.165, 1.54) is 12.8 Å². The highest BCUT2D eigenvalue weighted by atomic mass is 15.5. The van der Waals surface area contributed by atoms with Crippen molar-refractivity contribution in [1.29, 1.82) is 0 Å². The number of nitrogens with one attached hydrogen (secondary N) is 1. The smallest absolute Gasteiger partial charge is 0.181 e. The van der Waals surface area contributed by atoms with Crippen LogP contribution in [0.3, 0.4) is 0 Å². The second kappa shape index (κ2) is 10.2. The molecule has 1 N–H and O–H groups in total. The zero-order chi connectivity index (χ0) is 23.2. The van der Waals surface area contributed by atoms with E-state index in [2.05, 4.69) is 38.3 Å². The highest BCUT2D eigenvalue weighted by Crippen LogP contribution is 2.28. The molecule has 170 valence electrons. The maximum atomic E-state index is 4.88. The first-order valence-electron chi connectivity index (χ1n) is 11.6. The number of unbranched alkanes of at least 4 members (excludes halogenated alkanes) is 2. The molecule has 0 aliphatic rings. The van der Waals surface area contributed by atoms with Crippen LogP contribution in [-0.2, 0) is 13.0 Å². The quantitative estimate of drug-likeness (QED) is 0.319. The number of nitrogens with zero attached hydrogens (tertiary/aromatic N) is 7. The Balaban J connectivity index is 1.40.